The summed E-state index contributed by atoms with van der Waals surface area (Å²) in [6.45, 7) is 2.03. The molecule has 0 aromatic heterocycles. The van der Waals surface area contributed by atoms with Crippen molar-refractivity contribution in [3.05, 3.63) is 23.8 Å². The topological polar surface area (TPSA) is 46.2 Å². The summed E-state index contributed by atoms with van der Waals surface area (Å²) in [7, 11) is -2.04. The molecule has 1 aromatic rings. The Hall–Kier alpha value is -0.520. The van der Waals surface area contributed by atoms with Gasteiger partial charge in [-0.1, -0.05) is 6.07 Å². The van der Waals surface area contributed by atoms with Crippen LogP contribution in [0.25, 0.3) is 0 Å². The Bertz CT molecular complexity index is 482. The fraction of sp³-hybridized carbons (Fsp3) is 0.538. The molecular weight excluding hydrogens is 266 g/mol. The third kappa shape index (κ3) is 3.08. The van der Waals surface area contributed by atoms with Crippen LogP contribution in [0.4, 0.5) is 0 Å². The average Bonchev–Trinajstić information content (AvgIpc) is 2.39. The van der Waals surface area contributed by atoms with E-state index in [1.54, 1.807) is 12.5 Å². The molecule has 18 heavy (non-hydrogen) atoms. The minimum Gasteiger partial charge on any atom is -0.317 e. The van der Waals surface area contributed by atoms with Gasteiger partial charge in [0.1, 0.15) is 0 Å². The van der Waals surface area contributed by atoms with Crippen molar-refractivity contribution in [3.63, 3.8) is 0 Å². The molecule has 0 unspecified atom stereocenters. The van der Waals surface area contributed by atoms with Crippen LogP contribution in [0.5, 0.6) is 0 Å². The molecule has 1 heterocycles. The van der Waals surface area contributed by atoms with Crippen LogP contribution in [0, 0.1) is 0 Å². The molecule has 2 rings (SSSR count). The van der Waals surface area contributed by atoms with E-state index < -0.39 is 21.6 Å². The van der Waals surface area contributed by atoms with Crippen LogP contribution in [0.2, 0.25) is 0 Å². The van der Waals surface area contributed by atoms with Crippen LogP contribution < -0.4 is 5.32 Å². The lowest BCUT2D eigenvalue weighted by molar-refractivity contribution is 0.455. The lowest BCUT2D eigenvalue weighted by atomic mass is 9.90. The van der Waals surface area contributed by atoms with Crippen molar-refractivity contribution < 1.29 is 8.42 Å². The third-order valence-electron chi connectivity index (χ3n) is 3.41. The number of nitrogens with one attached hydrogen (secondary N) is 1. The molecule has 2 atom stereocenters. The molecule has 1 aliphatic heterocycles. The van der Waals surface area contributed by atoms with Crippen molar-refractivity contribution >= 4 is 21.6 Å². The molecule has 1 aromatic carbocycles. The highest BCUT2D eigenvalue weighted by Crippen LogP contribution is 2.30. The van der Waals surface area contributed by atoms with E-state index in [1.165, 1.54) is 5.56 Å². The predicted octanol–water partition coefficient (Wildman–Crippen LogP) is 1.63. The van der Waals surface area contributed by atoms with Gasteiger partial charge in [-0.3, -0.25) is 8.42 Å². The summed E-state index contributed by atoms with van der Waals surface area (Å²) in [4.78, 5) is 1.62. The molecule has 1 fully saturated rings. The van der Waals surface area contributed by atoms with E-state index in [0.29, 0.717) is 5.92 Å². The van der Waals surface area contributed by atoms with Gasteiger partial charge in [-0.2, -0.15) is 0 Å². The van der Waals surface area contributed by atoms with Gasteiger partial charge < -0.3 is 5.32 Å². The summed E-state index contributed by atoms with van der Waals surface area (Å²) in [6, 6.07) is 5.77. The van der Waals surface area contributed by atoms with Gasteiger partial charge >= 0.3 is 0 Å². The lowest BCUT2D eigenvalue weighted by Crippen LogP contribution is -2.27. The van der Waals surface area contributed by atoms with Gasteiger partial charge in [-0.25, -0.2) is 0 Å². The van der Waals surface area contributed by atoms with Gasteiger partial charge in [0.05, 0.1) is 10.8 Å². The second-order valence-electron chi connectivity index (χ2n) is 4.63. The summed E-state index contributed by atoms with van der Waals surface area (Å²) < 4.78 is 23.4. The first kappa shape index (κ1) is 13.9. The Morgan fingerprint density at radius 2 is 1.78 bits per heavy atom. The first-order valence-corrected chi connectivity index (χ1v) is 9.22. The minimum absolute atomic E-state index is 0.476. The van der Waals surface area contributed by atoms with Gasteiger partial charge in [-0.15, -0.1) is 0 Å². The van der Waals surface area contributed by atoms with E-state index in [-0.39, 0.29) is 0 Å². The number of benzene rings is 1. The summed E-state index contributed by atoms with van der Waals surface area (Å²) in [5, 5.41) is 3.34. The highest BCUT2D eigenvalue weighted by Gasteiger charge is 2.20. The van der Waals surface area contributed by atoms with Gasteiger partial charge in [0, 0.05) is 33.1 Å². The standard InChI is InChI=1S/C13H19NO2S2/c1-17(15)11-3-4-12(13(9-11)18(2)16)10-5-7-14-8-6-10/h3-4,9-10,14H,5-8H2,1-2H3/t17-,18+/m1/s1. The SMILES string of the molecule is C[S@](=O)c1cc([S@@](C)=O)ccc1C1CCNCC1. The molecule has 0 bridgehead atoms. The maximum absolute atomic E-state index is 11.9. The van der Waals surface area contributed by atoms with Crippen molar-refractivity contribution in [1.29, 1.82) is 0 Å². The predicted molar refractivity (Wildman–Crippen MR) is 76.0 cm³/mol. The Kier molecular flexibility index (Phi) is 4.70. The summed E-state index contributed by atoms with van der Waals surface area (Å²) in [6.07, 6.45) is 5.52. The Balaban J connectivity index is 2.39. The van der Waals surface area contributed by atoms with E-state index in [0.717, 1.165) is 35.7 Å². The van der Waals surface area contributed by atoms with E-state index in [1.807, 2.05) is 18.2 Å². The first-order valence-electron chi connectivity index (χ1n) is 6.11. The lowest BCUT2D eigenvalue weighted by Gasteiger charge is -2.24. The first-order chi connectivity index (χ1) is 8.59. The summed E-state index contributed by atoms with van der Waals surface area (Å²) >= 11 is 0. The van der Waals surface area contributed by atoms with Gasteiger partial charge in [0.2, 0.25) is 0 Å². The molecule has 1 N–H and O–H groups in total. The Morgan fingerprint density at radius 3 is 2.33 bits per heavy atom. The van der Waals surface area contributed by atoms with Crippen molar-refractivity contribution in [2.45, 2.75) is 28.6 Å². The molecule has 1 saturated heterocycles. The zero-order valence-electron chi connectivity index (χ0n) is 10.8. The maximum atomic E-state index is 11.9. The molecule has 0 radical (unpaired) electrons. The molecule has 100 valence electrons. The van der Waals surface area contributed by atoms with Crippen LogP contribution in [0.1, 0.15) is 24.3 Å². The van der Waals surface area contributed by atoms with E-state index in [9.17, 15) is 8.42 Å². The highest BCUT2D eigenvalue weighted by atomic mass is 32.2. The fourth-order valence-electron chi connectivity index (χ4n) is 2.41. The van der Waals surface area contributed by atoms with Gasteiger partial charge in [-0.05, 0) is 49.5 Å². The monoisotopic (exact) mass is 285 g/mol. The average molecular weight is 285 g/mol. The van der Waals surface area contributed by atoms with Crippen LogP contribution in [-0.4, -0.2) is 34.0 Å². The van der Waals surface area contributed by atoms with E-state index in [4.69, 9.17) is 0 Å². The number of hydrogen-bond acceptors (Lipinski definition) is 3. The maximum Gasteiger partial charge on any atom is 0.0501 e. The molecule has 0 spiro atoms. The van der Waals surface area contributed by atoms with Crippen LogP contribution >= 0.6 is 0 Å². The van der Waals surface area contributed by atoms with Crippen molar-refractivity contribution in [2.75, 3.05) is 25.6 Å². The number of hydrogen-bond donors (Lipinski definition) is 1. The van der Waals surface area contributed by atoms with Crippen molar-refractivity contribution in [2.24, 2.45) is 0 Å². The van der Waals surface area contributed by atoms with Crippen LogP contribution in [-0.2, 0) is 21.6 Å². The molecule has 3 nitrogen and oxygen atoms in total. The molecule has 0 amide bonds. The van der Waals surface area contributed by atoms with Gasteiger partial charge in [0.25, 0.3) is 0 Å². The third-order valence-corrected chi connectivity index (χ3v) is 5.30. The minimum atomic E-state index is -1.02. The molecule has 1 aliphatic rings. The van der Waals surface area contributed by atoms with Crippen LogP contribution in [0.15, 0.2) is 28.0 Å². The Labute approximate surface area is 113 Å². The zero-order chi connectivity index (χ0) is 13.1. The summed E-state index contributed by atoms with van der Waals surface area (Å²) in [5.41, 5.74) is 1.17. The Morgan fingerprint density at radius 1 is 1.11 bits per heavy atom. The second-order valence-corrected chi connectivity index (χ2v) is 7.36. The summed E-state index contributed by atoms with van der Waals surface area (Å²) in [5.74, 6) is 0.476. The number of rotatable bonds is 3. The normalized spacial score (nSPS) is 20.6. The smallest absolute Gasteiger partial charge is 0.0501 e. The second kappa shape index (κ2) is 6.08. The van der Waals surface area contributed by atoms with Crippen molar-refractivity contribution in [1.82, 2.24) is 5.32 Å². The van der Waals surface area contributed by atoms with Crippen LogP contribution in [0.3, 0.4) is 0 Å². The fourth-order valence-corrected chi connectivity index (χ4v) is 3.89. The largest absolute Gasteiger partial charge is 0.317 e. The molecule has 0 saturated carbocycles. The zero-order valence-corrected chi connectivity index (χ0v) is 12.4. The van der Waals surface area contributed by atoms with Gasteiger partial charge in [0.15, 0.2) is 0 Å². The molecule has 5 heteroatoms. The van der Waals surface area contributed by atoms with Crippen molar-refractivity contribution in [3.8, 4) is 0 Å². The quantitative estimate of drug-likeness (QED) is 0.918. The highest BCUT2D eigenvalue weighted by molar-refractivity contribution is 7.85. The van der Waals surface area contributed by atoms with E-state index in [2.05, 4.69) is 5.32 Å². The molecular formula is C13H19NO2S2. The number of piperidine rings is 1. The van der Waals surface area contributed by atoms with E-state index >= 15 is 0 Å². The molecule has 0 aliphatic carbocycles.